The van der Waals surface area contributed by atoms with Gasteiger partial charge < -0.3 is 19.1 Å². The summed E-state index contributed by atoms with van der Waals surface area (Å²) < 4.78 is 49.5. The van der Waals surface area contributed by atoms with Crippen LogP contribution in [0.3, 0.4) is 0 Å². The summed E-state index contributed by atoms with van der Waals surface area (Å²) in [5.74, 6) is -1.09. The van der Waals surface area contributed by atoms with Crippen molar-refractivity contribution in [3.05, 3.63) is 33.1 Å². The van der Waals surface area contributed by atoms with E-state index in [1.54, 1.807) is 13.8 Å². The topological polar surface area (TPSA) is 236 Å². The Balaban J connectivity index is 1.75. The molecule has 2 fully saturated rings. The van der Waals surface area contributed by atoms with Crippen molar-refractivity contribution in [3.8, 4) is 0 Å². The molecule has 182 valence electrons. The second-order valence-corrected chi connectivity index (χ2v) is 12.3. The van der Waals surface area contributed by atoms with Crippen LogP contribution in [0.5, 0.6) is 0 Å². The van der Waals surface area contributed by atoms with Gasteiger partial charge in [-0.2, -0.15) is 14.7 Å². The Morgan fingerprint density at radius 3 is 2.44 bits per heavy atom. The molecule has 1 saturated heterocycles. The van der Waals surface area contributed by atoms with Gasteiger partial charge in [0.05, 0.1) is 12.1 Å². The molecule has 1 aliphatic carbocycles. The number of rotatable bonds is 8. The van der Waals surface area contributed by atoms with Crippen molar-refractivity contribution >= 4 is 23.6 Å². The lowest BCUT2D eigenvalue weighted by atomic mass is 10.2. The lowest BCUT2D eigenvalue weighted by Crippen LogP contribution is -2.36. The molecule has 0 spiro atoms. The van der Waals surface area contributed by atoms with Crippen LogP contribution in [0.15, 0.2) is 21.9 Å². The second kappa shape index (κ2) is 8.75. The molecule has 4 unspecified atom stereocenters. The summed E-state index contributed by atoms with van der Waals surface area (Å²) in [6, 6.07) is 0.442. The van der Waals surface area contributed by atoms with Gasteiger partial charge in [-0.3, -0.25) is 23.8 Å². The highest BCUT2D eigenvalue weighted by Crippen LogP contribution is 2.68. The van der Waals surface area contributed by atoms with Crippen molar-refractivity contribution in [2.75, 3.05) is 6.35 Å². The average Bonchev–Trinajstić information content (AvgIpc) is 3.03. The summed E-state index contributed by atoms with van der Waals surface area (Å²) in [4.78, 5) is 70.8. The van der Waals surface area contributed by atoms with Gasteiger partial charge in [0.1, 0.15) is 18.6 Å². The molecular formula is C13H22N2O14P3+. The predicted molar refractivity (Wildman–Crippen MR) is 104 cm³/mol. The first-order valence-corrected chi connectivity index (χ1v) is 13.7. The van der Waals surface area contributed by atoms with E-state index in [9.17, 15) is 28.5 Å². The van der Waals surface area contributed by atoms with Gasteiger partial charge in [-0.25, -0.2) is 13.7 Å². The maximum Gasteiger partial charge on any atom is 0.578 e. The maximum absolute atomic E-state index is 12.2. The molecule has 0 aromatic carbocycles. The minimum atomic E-state index is -5.54. The zero-order chi connectivity index (χ0) is 24.1. The molecule has 1 aromatic rings. The van der Waals surface area contributed by atoms with Crippen molar-refractivity contribution in [3.63, 3.8) is 0 Å². The molecule has 0 radical (unpaired) electrons. The third kappa shape index (κ3) is 6.39. The molecule has 6 atom stereocenters. The highest BCUT2D eigenvalue weighted by molar-refractivity contribution is 7.69. The molecule has 2 aliphatic rings. The zero-order valence-corrected chi connectivity index (χ0v) is 19.3. The van der Waals surface area contributed by atoms with E-state index >= 15 is 0 Å². The van der Waals surface area contributed by atoms with Crippen LogP contribution in [0.4, 0.5) is 0 Å². The molecule has 1 saturated carbocycles. The number of ether oxygens (including phenoxy) is 3. The summed E-state index contributed by atoms with van der Waals surface area (Å²) in [5, 5.41) is 0. The van der Waals surface area contributed by atoms with Gasteiger partial charge in [0, 0.05) is 12.3 Å². The van der Waals surface area contributed by atoms with Crippen molar-refractivity contribution < 1.29 is 56.4 Å². The van der Waals surface area contributed by atoms with Crippen molar-refractivity contribution in [2.24, 2.45) is 0 Å². The van der Waals surface area contributed by atoms with Gasteiger partial charge in [-0.1, -0.05) is 0 Å². The smallest absolute Gasteiger partial charge is 0.363 e. The Kier molecular flexibility index (Phi) is 7.05. The number of fused-ring (bicyclic) bond motifs is 1. The van der Waals surface area contributed by atoms with Crippen LogP contribution in [-0.4, -0.2) is 64.5 Å². The van der Waals surface area contributed by atoms with Gasteiger partial charge in [0.25, 0.3) is 5.56 Å². The van der Waals surface area contributed by atoms with E-state index in [4.69, 9.17) is 28.9 Å². The monoisotopic (exact) mass is 523 g/mol. The number of hydrogen-bond donors (Lipinski definition) is 6. The fourth-order valence-electron chi connectivity index (χ4n) is 3.56. The highest BCUT2D eigenvalue weighted by Gasteiger charge is 2.56. The fraction of sp³-hybridized carbons (Fsp3) is 0.692. The van der Waals surface area contributed by atoms with Gasteiger partial charge >= 0.3 is 29.3 Å². The first kappa shape index (κ1) is 25.8. The minimum Gasteiger partial charge on any atom is -0.363 e. The van der Waals surface area contributed by atoms with Crippen molar-refractivity contribution in [2.45, 2.75) is 50.4 Å². The highest BCUT2D eigenvalue weighted by atomic mass is 31.3. The molecule has 19 heteroatoms. The number of aromatic nitrogens is 2. The SMILES string of the molecule is CC1(C)OC2C(O1)[C@H](n1ccc(=O)[nH]c1=O)C[C@@H]2OCP(=O)(O)OP(=O)(O)O[P+](O)(O)O. The summed E-state index contributed by atoms with van der Waals surface area (Å²) in [6.45, 7) is 3.20. The third-order valence-corrected chi connectivity index (χ3v) is 8.51. The van der Waals surface area contributed by atoms with E-state index in [1.807, 2.05) is 0 Å². The van der Waals surface area contributed by atoms with Crippen LogP contribution in [0, 0.1) is 0 Å². The molecule has 3 rings (SSSR count). The van der Waals surface area contributed by atoms with Crippen molar-refractivity contribution in [1.29, 1.82) is 0 Å². The summed E-state index contributed by atoms with van der Waals surface area (Å²) in [6.07, 6.45) is -2.38. The van der Waals surface area contributed by atoms with E-state index in [0.717, 1.165) is 6.07 Å². The largest absolute Gasteiger partial charge is 0.578 e. The number of phosphoric acid groups is 1. The number of nitrogens with zero attached hydrogens (tertiary/aromatic N) is 1. The number of H-pyrrole nitrogens is 1. The van der Waals surface area contributed by atoms with E-state index in [1.165, 1.54) is 10.8 Å². The molecule has 1 aromatic heterocycles. The Morgan fingerprint density at radius 2 is 1.84 bits per heavy atom. The van der Waals surface area contributed by atoms with Gasteiger partial charge in [0.15, 0.2) is 5.79 Å². The molecular weight excluding hydrogens is 501 g/mol. The Hall–Kier alpha value is -0.830. The Bertz CT molecular complexity index is 1060. The Labute approximate surface area is 180 Å². The average molecular weight is 523 g/mol. The van der Waals surface area contributed by atoms with E-state index < -0.39 is 71.3 Å². The fourth-order valence-corrected chi connectivity index (χ4v) is 6.91. The van der Waals surface area contributed by atoms with Crippen LogP contribution in [0.25, 0.3) is 0 Å². The summed E-state index contributed by atoms with van der Waals surface area (Å²) >= 11 is 0. The van der Waals surface area contributed by atoms with Crippen LogP contribution >= 0.6 is 23.6 Å². The lowest BCUT2D eigenvalue weighted by molar-refractivity contribution is -0.168. The minimum absolute atomic E-state index is 0.0310. The molecule has 6 N–H and O–H groups in total. The standard InChI is InChI=1S/C13H21N2O14P3/c1-13(2)26-10-7(15-4-3-9(16)14-12(15)17)5-8(11(10)27-13)25-6-30(18,19)28-32(23,24)29-31(20,21)22/h3-4,7-8,10-11,20-22H,5-6H2,1-2H3,(H2-,14,16,17,18,19,23,24)/p+1/t7-,8+,10?,11?/m1/s1. The molecule has 1 aliphatic heterocycles. The number of aromatic amines is 1. The quantitative estimate of drug-likeness (QED) is 0.232. The Morgan fingerprint density at radius 1 is 1.22 bits per heavy atom. The predicted octanol–water partition coefficient (Wildman–Crippen LogP) is -0.682. The lowest BCUT2D eigenvalue weighted by Gasteiger charge is -2.24. The van der Waals surface area contributed by atoms with E-state index in [-0.39, 0.29) is 6.42 Å². The van der Waals surface area contributed by atoms with Crippen LogP contribution in [0.1, 0.15) is 26.3 Å². The summed E-state index contributed by atoms with van der Waals surface area (Å²) in [7, 11) is -15.8. The number of nitrogens with one attached hydrogen (secondary N) is 1. The first-order valence-electron chi connectivity index (χ1n) is 8.90. The molecule has 0 bridgehead atoms. The van der Waals surface area contributed by atoms with Crippen molar-refractivity contribution in [1.82, 2.24) is 9.55 Å². The van der Waals surface area contributed by atoms with E-state index in [2.05, 4.69) is 13.6 Å². The molecule has 16 nitrogen and oxygen atoms in total. The molecule has 32 heavy (non-hydrogen) atoms. The normalized spacial score (nSPS) is 31.1. The third-order valence-electron chi connectivity index (χ3n) is 4.49. The number of hydrogen-bond acceptors (Lipinski definition) is 12. The maximum atomic E-state index is 12.2. The first-order chi connectivity index (χ1) is 14.5. The van der Waals surface area contributed by atoms with Gasteiger partial charge in [0.2, 0.25) is 0 Å². The van der Waals surface area contributed by atoms with Gasteiger partial charge in [-0.15, -0.1) is 0 Å². The molecule has 2 heterocycles. The zero-order valence-electron chi connectivity index (χ0n) is 16.6. The van der Waals surface area contributed by atoms with E-state index in [0.29, 0.717) is 0 Å². The summed E-state index contributed by atoms with van der Waals surface area (Å²) in [5.41, 5.74) is -1.32. The molecule has 0 amide bonds. The van der Waals surface area contributed by atoms with Gasteiger partial charge in [-0.05, 0) is 24.6 Å². The van der Waals surface area contributed by atoms with Crippen LogP contribution in [0.2, 0.25) is 0 Å². The van der Waals surface area contributed by atoms with Crippen LogP contribution < -0.4 is 11.2 Å². The van der Waals surface area contributed by atoms with Crippen LogP contribution in [-0.2, 0) is 32.0 Å². The second-order valence-electron chi connectivity index (χ2n) is 7.50.